The first-order valence-electron chi connectivity index (χ1n) is 7.65. The summed E-state index contributed by atoms with van der Waals surface area (Å²) in [6.45, 7) is 2.23. The molecule has 0 aromatic carbocycles. The molecule has 126 valence electrons. The topological polar surface area (TPSA) is 76.1 Å². The van der Waals surface area contributed by atoms with Gasteiger partial charge in [-0.15, -0.1) is 11.3 Å². The summed E-state index contributed by atoms with van der Waals surface area (Å²) in [5.74, 6) is 0.843. The average Bonchev–Trinajstić information content (AvgIpc) is 2.91. The lowest BCUT2D eigenvalue weighted by molar-refractivity contribution is 0.0601. The van der Waals surface area contributed by atoms with Crippen LogP contribution in [0, 0.1) is 5.92 Å². The Bertz CT molecular complexity index is 761. The van der Waals surface area contributed by atoms with Gasteiger partial charge in [0.25, 0.3) is 0 Å². The fraction of sp³-hybridized carbons (Fsp3) is 0.375. The second kappa shape index (κ2) is 7.23. The lowest BCUT2D eigenvalue weighted by Gasteiger charge is -2.18. The lowest BCUT2D eigenvalue weighted by atomic mass is 9.88. The summed E-state index contributed by atoms with van der Waals surface area (Å²) in [5, 5.41) is 7.17. The number of anilines is 2. The highest BCUT2D eigenvalue weighted by Crippen LogP contribution is 2.40. The van der Waals surface area contributed by atoms with Crippen LogP contribution in [0.15, 0.2) is 18.6 Å². The number of rotatable bonds is 3. The largest absolute Gasteiger partial charge is 0.465 e. The van der Waals surface area contributed by atoms with E-state index in [0.29, 0.717) is 22.4 Å². The molecule has 8 heteroatoms. The number of thiocarbonyl (C=S) groups is 1. The van der Waals surface area contributed by atoms with Crippen molar-refractivity contribution >= 4 is 45.5 Å². The monoisotopic (exact) mass is 362 g/mol. The van der Waals surface area contributed by atoms with Crippen molar-refractivity contribution in [3.63, 3.8) is 0 Å². The summed E-state index contributed by atoms with van der Waals surface area (Å²) < 4.78 is 4.97. The first-order valence-corrected chi connectivity index (χ1v) is 8.87. The van der Waals surface area contributed by atoms with Crippen LogP contribution in [0.25, 0.3) is 0 Å². The molecule has 1 aliphatic carbocycles. The van der Waals surface area contributed by atoms with E-state index in [1.54, 1.807) is 29.9 Å². The summed E-state index contributed by atoms with van der Waals surface area (Å²) in [4.78, 5) is 21.6. The maximum absolute atomic E-state index is 12.2. The molecule has 0 saturated carbocycles. The van der Waals surface area contributed by atoms with Gasteiger partial charge in [0.1, 0.15) is 5.00 Å². The molecule has 0 amide bonds. The van der Waals surface area contributed by atoms with Gasteiger partial charge in [-0.25, -0.2) is 9.78 Å². The predicted octanol–water partition coefficient (Wildman–Crippen LogP) is 3.26. The number of carbonyl (C=O) groups is 1. The molecule has 0 aliphatic heterocycles. The summed E-state index contributed by atoms with van der Waals surface area (Å²) >= 11 is 6.90. The normalized spacial score (nSPS) is 16.2. The highest BCUT2D eigenvalue weighted by Gasteiger charge is 2.28. The number of fused-ring (bicyclic) bond motifs is 1. The summed E-state index contributed by atoms with van der Waals surface area (Å²) in [7, 11) is 1.40. The zero-order chi connectivity index (χ0) is 17.1. The van der Waals surface area contributed by atoms with Gasteiger partial charge in [-0.2, -0.15) is 0 Å². The van der Waals surface area contributed by atoms with Crippen LogP contribution in [0.5, 0.6) is 0 Å². The molecule has 0 radical (unpaired) electrons. The van der Waals surface area contributed by atoms with Gasteiger partial charge >= 0.3 is 5.97 Å². The van der Waals surface area contributed by atoms with Gasteiger partial charge in [0.2, 0.25) is 0 Å². The molecule has 0 bridgehead atoms. The van der Waals surface area contributed by atoms with E-state index in [9.17, 15) is 4.79 Å². The zero-order valence-electron chi connectivity index (χ0n) is 13.5. The molecule has 1 atom stereocenters. The maximum atomic E-state index is 12.2. The number of esters is 1. The molecule has 0 unspecified atom stereocenters. The Morgan fingerprint density at radius 3 is 2.96 bits per heavy atom. The molecule has 6 nitrogen and oxygen atoms in total. The second-order valence-electron chi connectivity index (χ2n) is 5.72. The third-order valence-corrected chi connectivity index (χ3v) is 5.31. The highest BCUT2D eigenvalue weighted by molar-refractivity contribution is 7.80. The fourth-order valence-corrected chi connectivity index (χ4v) is 4.45. The van der Waals surface area contributed by atoms with Crippen molar-refractivity contribution in [2.75, 3.05) is 17.7 Å². The SMILES string of the molecule is COC(=O)c1c(NC(=S)Nc2cnccn2)sc2c1CC[C@@H](C)C2. The Morgan fingerprint density at radius 1 is 1.42 bits per heavy atom. The van der Waals surface area contributed by atoms with Crippen molar-refractivity contribution in [2.45, 2.75) is 26.2 Å². The minimum Gasteiger partial charge on any atom is -0.465 e. The number of hydrogen-bond acceptors (Lipinski definition) is 6. The molecule has 2 aromatic rings. The number of nitrogens with one attached hydrogen (secondary N) is 2. The van der Waals surface area contributed by atoms with Crippen molar-refractivity contribution in [1.29, 1.82) is 0 Å². The quantitative estimate of drug-likeness (QED) is 0.641. The summed E-state index contributed by atoms with van der Waals surface area (Å²) in [5.41, 5.74) is 1.70. The molecule has 2 heterocycles. The fourth-order valence-electron chi connectivity index (χ4n) is 2.77. The summed E-state index contributed by atoms with van der Waals surface area (Å²) in [6.07, 6.45) is 7.70. The van der Waals surface area contributed by atoms with Crippen LogP contribution in [0.4, 0.5) is 10.8 Å². The molecule has 2 N–H and O–H groups in total. The highest BCUT2D eigenvalue weighted by atomic mass is 32.1. The van der Waals surface area contributed by atoms with Gasteiger partial charge in [0.05, 0.1) is 18.9 Å². The first-order chi connectivity index (χ1) is 11.6. The molecule has 24 heavy (non-hydrogen) atoms. The molecule has 1 aliphatic rings. The predicted molar refractivity (Wildman–Crippen MR) is 98.7 cm³/mol. The van der Waals surface area contributed by atoms with Crippen LogP contribution in [-0.4, -0.2) is 28.2 Å². The summed E-state index contributed by atoms with van der Waals surface area (Å²) in [6, 6.07) is 0. The minimum atomic E-state index is -0.327. The van der Waals surface area contributed by atoms with Crippen molar-refractivity contribution in [1.82, 2.24) is 9.97 Å². The molecule has 3 rings (SSSR count). The smallest absolute Gasteiger partial charge is 0.341 e. The molecule has 2 aromatic heterocycles. The van der Waals surface area contributed by atoms with E-state index in [1.165, 1.54) is 12.0 Å². The van der Waals surface area contributed by atoms with Gasteiger partial charge in [-0.1, -0.05) is 6.92 Å². The number of nitrogens with zero attached hydrogens (tertiary/aromatic N) is 2. The number of thiophene rings is 1. The minimum absolute atomic E-state index is 0.327. The number of ether oxygens (including phenoxy) is 1. The van der Waals surface area contributed by atoms with Gasteiger partial charge < -0.3 is 15.4 Å². The number of carbonyl (C=O) groups excluding carboxylic acids is 1. The van der Waals surface area contributed by atoms with Crippen molar-refractivity contribution < 1.29 is 9.53 Å². The van der Waals surface area contributed by atoms with Crippen LogP contribution >= 0.6 is 23.6 Å². The van der Waals surface area contributed by atoms with E-state index in [2.05, 4.69) is 27.5 Å². The molecule has 0 saturated heterocycles. The van der Waals surface area contributed by atoms with E-state index in [0.717, 1.165) is 29.8 Å². The van der Waals surface area contributed by atoms with Crippen molar-refractivity contribution in [3.05, 3.63) is 34.6 Å². The van der Waals surface area contributed by atoms with Crippen molar-refractivity contribution in [2.24, 2.45) is 5.92 Å². The van der Waals surface area contributed by atoms with Crippen LogP contribution in [-0.2, 0) is 17.6 Å². The molecule has 0 fully saturated rings. The van der Waals surface area contributed by atoms with Crippen LogP contribution < -0.4 is 10.6 Å². The Morgan fingerprint density at radius 2 is 2.25 bits per heavy atom. The van der Waals surface area contributed by atoms with Gasteiger partial charge in [0.15, 0.2) is 10.9 Å². The Kier molecular flexibility index (Phi) is 5.06. The average molecular weight is 362 g/mol. The van der Waals surface area contributed by atoms with E-state index >= 15 is 0 Å². The Labute approximate surface area is 149 Å². The second-order valence-corrected chi connectivity index (χ2v) is 7.23. The van der Waals surface area contributed by atoms with E-state index in [4.69, 9.17) is 17.0 Å². The van der Waals surface area contributed by atoms with E-state index < -0.39 is 0 Å². The van der Waals surface area contributed by atoms with Gasteiger partial charge in [-0.3, -0.25) is 4.98 Å². The Hall–Kier alpha value is -2.06. The molecular formula is C16H18N4O2S2. The maximum Gasteiger partial charge on any atom is 0.341 e. The van der Waals surface area contributed by atoms with Crippen LogP contribution in [0.2, 0.25) is 0 Å². The van der Waals surface area contributed by atoms with Gasteiger partial charge in [0, 0.05) is 17.3 Å². The number of aromatic nitrogens is 2. The third kappa shape index (κ3) is 3.54. The third-order valence-electron chi connectivity index (χ3n) is 3.93. The van der Waals surface area contributed by atoms with Crippen LogP contribution in [0.3, 0.4) is 0 Å². The van der Waals surface area contributed by atoms with E-state index in [-0.39, 0.29) is 5.97 Å². The Balaban J connectivity index is 1.84. The molecule has 0 spiro atoms. The standard InChI is InChI=1S/C16H18N4O2S2/c1-9-3-4-10-11(7-9)24-14(13(10)15(21)22-2)20-16(23)19-12-8-17-5-6-18-12/h5-6,8-9H,3-4,7H2,1-2H3,(H2,18,19,20,23)/t9-/m1/s1. The number of hydrogen-bond donors (Lipinski definition) is 2. The van der Waals surface area contributed by atoms with Crippen molar-refractivity contribution in [3.8, 4) is 0 Å². The first kappa shape index (κ1) is 16.8. The molecular weight excluding hydrogens is 344 g/mol. The number of methoxy groups -OCH3 is 1. The van der Waals surface area contributed by atoms with Gasteiger partial charge in [-0.05, 0) is 43.0 Å². The van der Waals surface area contributed by atoms with E-state index in [1.807, 2.05) is 0 Å². The lowest BCUT2D eigenvalue weighted by Crippen LogP contribution is -2.21. The van der Waals surface area contributed by atoms with Crippen LogP contribution in [0.1, 0.15) is 34.1 Å². The zero-order valence-corrected chi connectivity index (χ0v) is 15.1.